The normalized spacial score (nSPS) is 9.80. The van der Waals surface area contributed by atoms with Gasteiger partial charge in [0.2, 0.25) is 0 Å². The Balaban J connectivity index is 2.64. The minimum absolute atomic E-state index is 0.405. The second-order valence-electron chi connectivity index (χ2n) is 3.30. The van der Waals surface area contributed by atoms with Gasteiger partial charge in [-0.3, -0.25) is 0 Å². The van der Waals surface area contributed by atoms with Crippen molar-refractivity contribution in [2.45, 2.75) is 13.8 Å². The van der Waals surface area contributed by atoms with Crippen LogP contribution in [0.1, 0.15) is 11.1 Å². The maximum atomic E-state index is 11.2. The lowest BCUT2D eigenvalue weighted by Gasteiger charge is -2.09. The van der Waals surface area contributed by atoms with Crippen molar-refractivity contribution < 1.29 is 9.53 Å². The van der Waals surface area contributed by atoms with Gasteiger partial charge in [0.15, 0.2) is 0 Å². The Kier molecular flexibility index (Phi) is 4.12. The van der Waals surface area contributed by atoms with Gasteiger partial charge in [0.05, 0.1) is 0 Å². The summed E-state index contributed by atoms with van der Waals surface area (Å²) in [5, 5.41) is 2.54. The number of benzene rings is 1. The number of carbonyl (C=O) groups is 1. The molecule has 82 valence electrons. The van der Waals surface area contributed by atoms with E-state index in [9.17, 15) is 4.79 Å². The average molecular weight is 208 g/mol. The standard InChI is InChI=1S/C11H16N2O2/c1-8-4-3-5-10(9(8)2)15-11(14)13-7-6-12/h3-5H,6-7,12H2,1-2H3,(H,13,14). The smallest absolute Gasteiger partial charge is 0.410 e. The van der Waals surface area contributed by atoms with Crippen molar-refractivity contribution in [1.82, 2.24) is 5.32 Å². The van der Waals surface area contributed by atoms with Gasteiger partial charge in [0.1, 0.15) is 5.75 Å². The molecule has 0 heterocycles. The number of hydrogen-bond acceptors (Lipinski definition) is 3. The Morgan fingerprint density at radius 1 is 1.47 bits per heavy atom. The molecule has 1 aromatic carbocycles. The van der Waals surface area contributed by atoms with Crippen LogP contribution >= 0.6 is 0 Å². The largest absolute Gasteiger partial charge is 0.412 e. The molecule has 1 amide bonds. The van der Waals surface area contributed by atoms with Crippen molar-refractivity contribution >= 4 is 6.09 Å². The first-order valence-electron chi connectivity index (χ1n) is 4.87. The van der Waals surface area contributed by atoms with E-state index in [-0.39, 0.29) is 0 Å². The van der Waals surface area contributed by atoms with E-state index >= 15 is 0 Å². The topological polar surface area (TPSA) is 64.3 Å². The van der Waals surface area contributed by atoms with E-state index < -0.39 is 6.09 Å². The van der Waals surface area contributed by atoms with Crippen LogP contribution in [0.5, 0.6) is 5.75 Å². The number of nitrogens with one attached hydrogen (secondary N) is 1. The highest BCUT2D eigenvalue weighted by Gasteiger charge is 2.06. The van der Waals surface area contributed by atoms with Gasteiger partial charge in [0, 0.05) is 13.1 Å². The van der Waals surface area contributed by atoms with Gasteiger partial charge in [-0.05, 0) is 31.0 Å². The van der Waals surface area contributed by atoms with Crippen LogP contribution in [0.3, 0.4) is 0 Å². The Morgan fingerprint density at radius 2 is 2.20 bits per heavy atom. The zero-order valence-corrected chi connectivity index (χ0v) is 9.04. The van der Waals surface area contributed by atoms with Gasteiger partial charge in [-0.1, -0.05) is 12.1 Å². The maximum Gasteiger partial charge on any atom is 0.412 e. The molecular weight excluding hydrogens is 192 g/mol. The molecule has 0 aliphatic rings. The molecule has 0 radical (unpaired) electrons. The Labute approximate surface area is 89.4 Å². The molecule has 0 atom stereocenters. The van der Waals surface area contributed by atoms with Crippen molar-refractivity contribution in [3.05, 3.63) is 29.3 Å². The van der Waals surface area contributed by atoms with Crippen LogP contribution in [0.25, 0.3) is 0 Å². The van der Waals surface area contributed by atoms with Gasteiger partial charge in [-0.25, -0.2) is 4.79 Å². The molecule has 1 rings (SSSR count). The third-order valence-electron chi connectivity index (χ3n) is 2.17. The second kappa shape index (κ2) is 5.36. The van der Waals surface area contributed by atoms with E-state index in [1.165, 1.54) is 0 Å². The lowest BCUT2D eigenvalue weighted by atomic mass is 10.1. The molecule has 0 fully saturated rings. The molecule has 0 bridgehead atoms. The first-order chi connectivity index (χ1) is 7.15. The predicted octanol–water partition coefficient (Wildman–Crippen LogP) is 1.35. The van der Waals surface area contributed by atoms with Gasteiger partial charge in [0.25, 0.3) is 0 Å². The van der Waals surface area contributed by atoms with Gasteiger partial charge < -0.3 is 15.8 Å². The Bertz CT molecular complexity index is 350. The SMILES string of the molecule is Cc1cccc(OC(=O)NCCN)c1C. The summed E-state index contributed by atoms with van der Waals surface area (Å²) in [4.78, 5) is 11.2. The fraction of sp³-hybridized carbons (Fsp3) is 0.364. The molecule has 0 spiro atoms. The highest BCUT2D eigenvalue weighted by atomic mass is 16.6. The van der Waals surface area contributed by atoms with Crippen molar-refractivity contribution in [2.75, 3.05) is 13.1 Å². The third kappa shape index (κ3) is 3.25. The summed E-state index contributed by atoms with van der Waals surface area (Å²) in [6.45, 7) is 4.71. The molecule has 1 aromatic rings. The van der Waals surface area contributed by atoms with Gasteiger partial charge in [-0.2, -0.15) is 0 Å². The van der Waals surface area contributed by atoms with Crippen molar-refractivity contribution in [2.24, 2.45) is 5.73 Å². The number of amides is 1. The van der Waals surface area contributed by atoms with E-state index in [4.69, 9.17) is 10.5 Å². The van der Waals surface area contributed by atoms with Crippen LogP contribution in [0, 0.1) is 13.8 Å². The second-order valence-corrected chi connectivity index (χ2v) is 3.30. The molecule has 4 nitrogen and oxygen atoms in total. The highest BCUT2D eigenvalue weighted by Crippen LogP contribution is 2.20. The number of hydrogen-bond donors (Lipinski definition) is 2. The molecule has 3 N–H and O–H groups in total. The number of aryl methyl sites for hydroxylation is 1. The lowest BCUT2D eigenvalue weighted by Crippen LogP contribution is -2.31. The van der Waals surface area contributed by atoms with Crippen LogP contribution in [0.15, 0.2) is 18.2 Å². The third-order valence-corrected chi connectivity index (χ3v) is 2.17. The van der Waals surface area contributed by atoms with E-state index in [0.717, 1.165) is 11.1 Å². The number of ether oxygens (including phenoxy) is 1. The van der Waals surface area contributed by atoms with Crippen molar-refractivity contribution in [3.63, 3.8) is 0 Å². The predicted molar refractivity (Wildman–Crippen MR) is 59.0 cm³/mol. The summed E-state index contributed by atoms with van der Waals surface area (Å²) in [6, 6.07) is 5.60. The summed E-state index contributed by atoms with van der Waals surface area (Å²) >= 11 is 0. The van der Waals surface area contributed by atoms with Gasteiger partial charge >= 0.3 is 6.09 Å². The van der Waals surface area contributed by atoms with Crippen LogP contribution in [-0.4, -0.2) is 19.2 Å². The van der Waals surface area contributed by atoms with E-state index in [1.54, 1.807) is 6.07 Å². The molecule has 0 aliphatic carbocycles. The van der Waals surface area contributed by atoms with E-state index in [0.29, 0.717) is 18.8 Å². The molecular formula is C11H16N2O2. The maximum absolute atomic E-state index is 11.2. The molecule has 0 saturated carbocycles. The van der Waals surface area contributed by atoms with Crippen molar-refractivity contribution in [3.8, 4) is 5.75 Å². The van der Waals surface area contributed by atoms with E-state index in [2.05, 4.69) is 5.32 Å². The first kappa shape index (κ1) is 11.5. The zero-order chi connectivity index (χ0) is 11.3. The Hall–Kier alpha value is -1.55. The fourth-order valence-electron chi connectivity index (χ4n) is 1.14. The lowest BCUT2D eigenvalue weighted by molar-refractivity contribution is 0.200. The zero-order valence-electron chi connectivity index (χ0n) is 9.04. The summed E-state index contributed by atoms with van der Waals surface area (Å²) in [6.07, 6.45) is -0.464. The van der Waals surface area contributed by atoms with Crippen LogP contribution in [0.2, 0.25) is 0 Å². The summed E-state index contributed by atoms with van der Waals surface area (Å²) in [5.74, 6) is 0.588. The molecule has 0 unspecified atom stereocenters. The number of carbonyl (C=O) groups excluding carboxylic acids is 1. The van der Waals surface area contributed by atoms with Crippen LogP contribution < -0.4 is 15.8 Å². The molecule has 15 heavy (non-hydrogen) atoms. The number of nitrogens with two attached hydrogens (primary N) is 1. The minimum atomic E-state index is -0.464. The first-order valence-corrected chi connectivity index (χ1v) is 4.87. The summed E-state index contributed by atoms with van der Waals surface area (Å²) < 4.78 is 5.12. The summed E-state index contributed by atoms with van der Waals surface area (Å²) in [5.41, 5.74) is 7.32. The van der Waals surface area contributed by atoms with Gasteiger partial charge in [-0.15, -0.1) is 0 Å². The highest BCUT2D eigenvalue weighted by molar-refractivity contribution is 5.70. The van der Waals surface area contributed by atoms with E-state index in [1.807, 2.05) is 26.0 Å². The minimum Gasteiger partial charge on any atom is -0.410 e. The monoisotopic (exact) mass is 208 g/mol. The quantitative estimate of drug-likeness (QED) is 0.788. The fourth-order valence-corrected chi connectivity index (χ4v) is 1.14. The van der Waals surface area contributed by atoms with Crippen LogP contribution in [0.4, 0.5) is 4.79 Å². The number of rotatable bonds is 3. The molecule has 0 saturated heterocycles. The summed E-state index contributed by atoms with van der Waals surface area (Å²) in [7, 11) is 0. The van der Waals surface area contributed by atoms with Crippen molar-refractivity contribution in [1.29, 1.82) is 0 Å². The van der Waals surface area contributed by atoms with Crippen LogP contribution in [-0.2, 0) is 0 Å². The molecule has 4 heteroatoms. The Morgan fingerprint density at radius 3 is 2.87 bits per heavy atom. The molecule has 0 aliphatic heterocycles. The average Bonchev–Trinajstić information content (AvgIpc) is 2.22. The molecule has 0 aromatic heterocycles.